The maximum atomic E-state index is 12.2. The van der Waals surface area contributed by atoms with Crippen LogP contribution >= 0.6 is 0 Å². The number of hydrogen-bond donors (Lipinski definition) is 2. The first-order chi connectivity index (χ1) is 15.3. The Labute approximate surface area is 186 Å². The number of carbonyl (C=O) groups is 1. The van der Waals surface area contributed by atoms with Crippen LogP contribution in [0.15, 0.2) is 30.5 Å². The molecule has 1 aliphatic carbocycles. The van der Waals surface area contributed by atoms with Crippen molar-refractivity contribution in [2.45, 2.75) is 25.2 Å². The molecule has 32 heavy (non-hydrogen) atoms. The third-order valence-electron chi connectivity index (χ3n) is 5.99. The van der Waals surface area contributed by atoms with Gasteiger partial charge in [-0.2, -0.15) is 10.4 Å². The van der Waals surface area contributed by atoms with Crippen molar-refractivity contribution in [1.29, 1.82) is 5.26 Å². The standard InChI is InChI=1S/C23H25N7O2/c1-23(13-31)7-5-16-15(12-24)9-14(10-17(16)23)18-6-8-25-22(26-18)27-20-11-19(28-30(20)4)21(32)29(2)3/h6,8-11,31H,5,7,13H2,1-4H3,(H,25,26,27). The molecule has 2 aromatic heterocycles. The average molecular weight is 432 g/mol. The molecule has 0 saturated heterocycles. The predicted molar refractivity (Wildman–Crippen MR) is 119 cm³/mol. The number of rotatable bonds is 5. The van der Waals surface area contributed by atoms with Crippen molar-refractivity contribution in [2.24, 2.45) is 7.05 Å². The third kappa shape index (κ3) is 3.69. The molecule has 2 N–H and O–H groups in total. The molecule has 0 radical (unpaired) electrons. The van der Waals surface area contributed by atoms with Gasteiger partial charge in [0.1, 0.15) is 5.82 Å². The van der Waals surface area contributed by atoms with E-state index >= 15 is 0 Å². The van der Waals surface area contributed by atoms with Crippen LogP contribution in [-0.4, -0.2) is 56.4 Å². The fourth-order valence-corrected chi connectivity index (χ4v) is 4.04. The second-order valence-electron chi connectivity index (χ2n) is 8.51. The number of anilines is 2. The first-order valence-corrected chi connectivity index (χ1v) is 10.3. The highest BCUT2D eigenvalue weighted by Gasteiger charge is 2.35. The summed E-state index contributed by atoms with van der Waals surface area (Å²) >= 11 is 0. The molecule has 9 heteroatoms. The molecule has 0 saturated carbocycles. The molecule has 4 rings (SSSR count). The van der Waals surface area contributed by atoms with Crippen molar-refractivity contribution in [3.05, 3.63) is 52.8 Å². The molecule has 1 atom stereocenters. The van der Waals surface area contributed by atoms with Crippen molar-refractivity contribution in [3.8, 4) is 17.3 Å². The molecular weight excluding hydrogens is 406 g/mol. The first-order valence-electron chi connectivity index (χ1n) is 10.3. The van der Waals surface area contributed by atoms with Crippen molar-refractivity contribution in [2.75, 3.05) is 26.0 Å². The van der Waals surface area contributed by atoms with E-state index in [-0.39, 0.29) is 17.9 Å². The minimum Gasteiger partial charge on any atom is -0.395 e. The Balaban J connectivity index is 1.69. The molecular formula is C23H25N7O2. The topological polar surface area (TPSA) is 120 Å². The molecule has 0 aliphatic heterocycles. The van der Waals surface area contributed by atoms with Gasteiger partial charge in [-0.05, 0) is 42.2 Å². The zero-order chi connectivity index (χ0) is 23.0. The van der Waals surface area contributed by atoms with E-state index in [0.29, 0.717) is 28.7 Å². The average Bonchev–Trinajstić information content (AvgIpc) is 3.33. The van der Waals surface area contributed by atoms with Crippen molar-refractivity contribution in [1.82, 2.24) is 24.6 Å². The summed E-state index contributed by atoms with van der Waals surface area (Å²) in [6, 6.07) is 9.58. The number of benzene rings is 1. The van der Waals surface area contributed by atoms with Gasteiger partial charge in [0.15, 0.2) is 5.69 Å². The number of nitrogens with zero attached hydrogens (tertiary/aromatic N) is 6. The van der Waals surface area contributed by atoms with Crippen molar-refractivity contribution < 1.29 is 9.90 Å². The number of aliphatic hydroxyl groups excluding tert-OH is 1. The molecule has 0 bridgehead atoms. The zero-order valence-corrected chi connectivity index (χ0v) is 18.5. The number of aromatic nitrogens is 4. The van der Waals surface area contributed by atoms with Crippen LogP contribution in [0.25, 0.3) is 11.3 Å². The fourth-order valence-electron chi connectivity index (χ4n) is 4.04. The number of carbonyl (C=O) groups excluding carboxylic acids is 1. The van der Waals surface area contributed by atoms with Crippen LogP contribution in [-0.2, 0) is 18.9 Å². The lowest BCUT2D eigenvalue weighted by molar-refractivity contribution is 0.0821. The molecule has 3 aromatic rings. The predicted octanol–water partition coefficient (Wildman–Crippen LogP) is 2.39. The van der Waals surface area contributed by atoms with Gasteiger partial charge in [-0.1, -0.05) is 6.92 Å². The SMILES string of the molecule is CN(C)C(=O)c1cc(Nc2nccc(-c3cc(C#N)c4c(c3)C(C)(CO)CC4)n2)n(C)n1. The summed E-state index contributed by atoms with van der Waals surface area (Å²) in [7, 11) is 5.07. The quantitative estimate of drug-likeness (QED) is 0.636. The third-order valence-corrected chi connectivity index (χ3v) is 5.99. The molecule has 1 unspecified atom stereocenters. The molecule has 1 aromatic carbocycles. The van der Waals surface area contributed by atoms with Crippen LogP contribution in [0.4, 0.5) is 11.8 Å². The van der Waals surface area contributed by atoms with E-state index < -0.39 is 0 Å². The Morgan fingerprint density at radius 1 is 1.38 bits per heavy atom. The number of aryl methyl sites for hydroxylation is 1. The van der Waals surface area contributed by atoms with Gasteiger partial charge in [0.25, 0.3) is 5.91 Å². The molecule has 164 valence electrons. The Bertz CT molecular complexity index is 1240. The highest BCUT2D eigenvalue weighted by atomic mass is 16.3. The van der Waals surface area contributed by atoms with E-state index in [1.54, 1.807) is 44.2 Å². The van der Waals surface area contributed by atoms with Gasteiger partial charge in [0.2, 0.25) is 5.95 Å². The Morgan fingerprint density at radius 2 is 2.16 bits per heavy atom. The highest BCUT2D eigenvalue weighted by Crippen LogP contribution is 2.42. The monoisotopic (exact) mass is 431 g/mol. The Hall–Kier alpha value is -3.77. The van der Waals surface area contributed by atoms with Crippen LogP contribution in [0.1, 0.15) is 40.5 Å². The van der Waals surface area contributed by atoms with E-state index in [1.807, 2.05) is 19.1 Å². The summed E-state index contributed by atoms with van der Waals surface area (Å²) < 4.78 is 1.56. The Kier molecular flexibility index (Phi) is 5.40. The maximum absolute atomic E-state index is 12.2. The Morgan fingerprint density at radius 3 is 2.84 bits per heavy atom. The highest BCUT2D eigenvalue weighted by molar-refractivity contribution is 5.92. The summed E-state index contributed by atoms with van der Waals surface area (Å²) in [6.45, 7) is 2.05. The lowest BCUT2D eigenvalue weighted by Gasteiger charge is -2.23. The summed E-state index contributed by atoms with van der Waals surface area (Å²) in [5.74, 6) is 0.725. The van der Waals surface area contributed by atoms with Crippen LogP contribution in [0, 0.1) is 11.3 Å². The van der Waals surface area contributed by atoms with Crippen LogP contribution in [0.3, 0.4) is 0 Å². The minimum atomic E-state index is -0.366. The summed E-state index contributed by atoms with van der Waals surface area (Å²) in [5.41, 5.74) is 4.02. The minimum absolute atomic E-state index is 0.0272. The van der Waals surface area contributed by atoms with Gasteiger partial charge in [-0.3, -0.25) is 9.48 Å². The molecule has 0 spiro atoms. The lowest BCUT2D eigenvalue weighted by Crippen LogP contribution is -2.23. The molecule has 9 nitrogen and oxygen atoms in total. The van der Waals surface area contributed by atoms with Gasteiger partial charge < -0.3 is 15.3 Å². The molecule has 0 fully saturated rings. The first kappa shape index (κ1) is 21.5. The fraction of sp³-hybridized carbons (Fsp3) is 0.348. The molecule has 1 aliphatic rings. The number of aliphatic hydroxyl groups is 1. The second-order valence-corrected chi connectivity index (χ2v) is 8.51. The second kappa shape index (κ2) is 8.05. The lowest BCUT2D eigenvalue weighted by atomic mass is 9.83. The number of fused-ring (bicyclic) bond motifs is 1. The van der Waals surface area contributed by atoms with Crippen LogP contribution < -0.4 is 5.32 Å². The van der Waals surface area contributed by atoms with Crippen LogP contribution in [0.5, 0.6) is 0 Å². The van der Waals surface area contributed by atoms with Gasteiger partial charge in [0, 0.05) is 44.4 Å². The van der Waals surface area contributed by atoms with Gasteiger partial charge in [-0.25, -0.2) is 9.97 Å². The zero-order valence-electron chi connectivity index (χ0n) is 18.5. The van der Waals surface area contributed by atoms with E-state index in [0.717, 1.165) is 29.5 Å². The number of amides is 1. The summed E-state index contributed by atoms with van der Waals surface area (Å²) in [4.78, 5) is 22.5. The van der Waals surface area contributed by atoms with Gasteiger partial charge in [0.05, 0.1) is 23.9 Å². The maximum Gasteiger partial charge on any atom is 0.273 e. The normalized spacial score (nSPS) is 17.0. The van der Waals surface area contributed by atoms with E-state index in [2.05, 4.69) is 26.5 Å². The molecule has 2 heterocycles. The van der Waals surface area contributed by atoms with Crippen molar-refractivity contribution in [3.63, 3.8) is 0 Å². The van der Waals surface area contributed by atoms with Gasteiger partial charge >= 0.3 is 0 Å². The van der Waals surface area contributed by atoms with Crippen LogP contribution in [0.2, 0.25) is 0 Å². The number of nitriles is 1. The van der Waals surface area contributed by atoms with E-state index in [4.69, 9.17) is 0 Å². The summed E-state index contributed by atoms with van der Waals surface area (Å²) in [6.07, 6.45) is 3.22. The van der Waals surface area contributed by atoms with E-state index in [9.17, 15) is 15.2 Å². The number of nitrogens with one attached hydrogen (secondary N) is 1. The smallest absolute Gasteiger partial charge is 0.273 e. The molecule has 1 amide bonds. The van der Waals surface area contributed by atoms with E-state index in [1.165, 1.54) is 4.90 Å². The number of hydrogen-bond acceptors (Lipinski definition) is 7. The largest absolute Gasteiger partial charge is 0.395 e. The van der Waals surface area contributed by atoms with Crippen molar-refractivity contribution >= 4 is 17.7 Å². The summed E-state index contributed by atoms with van der Waals surface area (Å²) in [5, 5.41) is 27.0. The van der Waals surface area contributed by atoms with Gasteiger partial charge in [-0.15, -0.1) is 0 Å².